The Kier molecular flexibility index (Phi) is 4.28. The maximum atomic E-state index is 11.7. The van der Waals surface area contributed by atoms with E-state index >= 15 is 0 Å². The largest absolute Gasteiger partial charge is 0.393 e. The van der Waals surface area contributed by atoms with Gasteiger partial charge < -0.3 is 10.4 Å². The van der Waals surface area contributed by atoms with Crippen molar-refractivity contribution in [1.82, 2.24) is 15.5 Å². The van der Waals surface area contributed by atoms with Crippen LogP contribution in [0, 0.1) is 0 Å². The lowest BCUT2D eigenvalue weighted by Crippen LogP contribution is -2.26. The highest BCUT2D eigenvalue weighted by molar-refractivity contribution is 5.92. The second-order valence-electron chi connectivity index (χ2n) is 5.31. The van der Waals surface area contributed by atoms with Gasteiger partial charge in [-0.1, -0.05) is 20.8 Å². The fraction of sp³-hybridized carbons (Fsp3) is 0.667. The molecular formula is C12H21N3O2. The number of aliphatic hydroxyl groups is 1. The number of nitrogens with zero attached hydrogens (tertiary/aromatic N) is 1. The molecule has 0 aromatic carbocycles. The van der Waals surface area contributed by atoms with Crippen LogP contribution < -0.4 is 5.32 Å². The van der Waals surface area contributed by atoms with Gasteiger partial charge in [-0.3, -0.25) is 9.89 Å². The van der Waals surface area contributed by atoms with Crippen molar-refractivity contribution in [3.05, 3.63) is 17.5 Å². The highest BCUT2D eigenvalue weighted by Gasteiger charge is 2.19. The first-order chi connectivity index (χ1) is 7.80. The van der Waals surface area contributed by atoms with Crippen LogP contribution in [-0.4, -0.2) is 33.9 Å². The average Bonchev–Trinajstić information content (AvgIpc) is 2.64. The minimum absolute atomic E-state index is 0.0505. The van der Waals surface area contributed by atoms with Crippen LogP contribution in [0.15, 0.2) is 6.07 Å². The second-order valence-corrected chi connectivity index (χ2v) is 5.31. The monoisotopic (exact) mass is 239 g/mol. The van der Waals surface area contributed by atoms with E-state index in [0.717, 1.165) is 5.69 Å². The molecule has 1 heterocycles. The van der Waals surface area contributed by atoms with Gasteiger partial charge in [0.25, 0.3) is 5.91 Å². The molecule has 0 radical (unpaired) electrons. The predicted molar refractivity (Wildman–Crippen MR) is 65.9 cm³/mol. The van der Waals surface area contributed by atoms with E-state index < -0.39 is 6.10 Å². The third-order valence-corrected chi connectivity index (χ3v) is 2.47. The molecular weight excluding hydrogens is 218 g/mol. The summed E-state index contributed by atoms with van der Waals surface area (Å²) in [6.45, 7) is 8.30. The van der Waals surface area contributed by atoms with Crippen LogP contribution in [0.25, 0.3) is 0 Å². The van der Waals surface area contributed by atoms with Crippen LogP contribution in [-0.2, 0) is 5.41 Å². The van der Waals surface area contributed by atoms with E-state index in [1.54, 1.807) is 13.0 Å². The molecule has 3 N–H and O–H groups in total. The first kappa shape index (κ1) is 13.7. The van der Waals surface area contributed by atoms with Gasteiger partial charge in [-0.05, 0) is 19.4 Å². The van der Waals surface area contributed by atoms with Gasteiger partial charge in [-0.2, -0.15) is 5.10 Å². The molecule has 1 aromatic heterocycles. The van der Waals surface area contributed by atoms with E-state index in [1.807, 2.05) is 0 Å². The summed E-state index contributed by atoms with van der Waals surface area (Å²) >= 11 is 0. The topological polar surface area (TPSA) is 78.0 Å². The minimum atomic E-state index is -0.403. The number of carbonyl (C=O) groups is 1. The van der Waals surface area contributed by atoms with Gasteiger partial charge in [0.05, 0.1) is 6.10 Å². The number of amides is 1. The van der Waals surface area contributed by atoms with Gasteiger partial charge in [0.15, 0.2) is 0 Å². The molecule has 1 unspecified atom stereocenters. The molecule has 1 atom stereocenters. The highest BCUT2D eigenvalue weighted by atomic mass is 16.3. The minimum Gasteiger partial charge on any atom is -0.393 e. The van der Waals surface area contributed by atoms with Gasteiger partial charge in [-0.15, -0.1) is 0 Å². The van der Waals surface area contributed by atoms with Gasteiger partial charge in [0.2, 0.25) is 0 Å². The van der Waals surface area contributed by atoms with Crippen LogP contribution in [0.2, 0.25) is 0 Å². The molecule has 5 heteroatoms. The lowest BCUT2D eigenvalue weighted by molar-refractivity contribution is 0.0940. The zero-order valence-electron chi connectivity index (χ0n) is 10.9. The fourth-order valence-electron chi connectivity index (χ4n) is 1.31. The predicted octanol–water partition coefficient (Wildman–Crippen LogP) is 1.21. The highest BCUT2D eigenvalue weighted by Crippen LogP contribution is 2.20. The van der Waals surface area contributed by atoms with Crippen LogP contribution in [0.4, 0.5) is 0 Å². The molecule has 0 aliphatic carbocycles. The number of carbonyl (C=O) groups excluding carboxylic acids is 1. The smallest absolute Gasteiger partial charge is 0.271 e. The molecule has 0 aliphatic heterocycles. The van der Waals surface area contributed by atoms with Gasteiger partial charge >= 0.3 is 0 Å². The van der Waals surface area contributed by atoms with Crippen LogP contribution in [0.1, 0.15) is 50.3 Å². The van der Waals surface area contributed by atoms with Gasteiger partial charge in [0.1, 0.15) is 5.69 Å². The van der Waals surface area contributed by atoms with Crippen molar-refractivity contribution < 1.29 is 9.90 Å². The molecule has 0 aliphatic rings. The Labute approximate surface area is 102 Å². The Morgan fingerprint density at radius 2 is 2.24 bits per heavy atom. The summed E-state index contributed by atoms with van der Waals surface area (Å²) in [5.41, 5.74) is 1.27. The molecule has 0 saturated carbocycles. The third-order valence-electron chi connectivity index (χ3n) is 2.47. The van der Waals surface area contributed by atoms with E-state index in [4.69, 9.17) is 5.11 Å². The summed E-state index contributed by atoms with van der Waals surface area (Å²) in [5, 5.41) is 18.6. The standard InChI is InChI=1S/C12H21N3O2/c1-8(16)5-6-13-11(17)9-7-10(15-14-9)12(2,3)4/h7-8,16H,5-6H2,1-4H3,(H,13,17)(H,14,15). The number of aromatic amines is 1. The molecule has 0 fully saturated rings. The number of aliphatic hydroxyl groups excluding tert-OH is 1. The molecule has 0 saturated heterocycles. The van der Waals surface area contributed by atoms with Crippen molar-refractivity contribution >= 4 is 5.91 Å². The van der Waals surface area contributed by atoms with Gasteiger partial charge in [-0.25, -0.2) is 0 Å². The van der Waals surface area contributed by atoms with E-state index in [1.165, 1.54) is 0 Å². The zero-order valence-corrected chi connectivity index (χ0v) is 10.9. The number of aromatic nitrogens is 2. The Hall–Kier alpha value is -1.36. The van der Waals surface area contributed by atoms with E-state index in [-0.39, 0.29) is 11.3 Å². The maximum Gasteiger partial charge on any atom is 0.271 e. The normalized spacial score (nSPS) is 13.5. The summed E-state index contributed by atoms with van der Waals surface area (Å²) in [5.74, 6) is -0.211. The van der Waals surface area contributed by atoms with E-state index in [2.05, 4.69) is 36.3 Å². The quantitative estimate of drug-likeness (QED) is 0.739. The van der Waals surface area contributed by atoms with Gasteiger partial charge in [0, 0.05) is 17.7 Å². The Balaban J connectivity index is 2.56. The number of hydrogen-bond acceptors (Lipinski definition) is 3. The molecule has 5 nitrogen and oxygen atoms in total. The van der Waals surface area contributed by atoms with Crippen molar-refractivity contribution in [3.63, 3.8) is 0 Å². The summed E-state index contributed by atoms with van der Waals surface area (Å²) in [6.07, 6.45) is 0.141. The van der Waals surface area contributed by atoms with Crippen LogP contribution >= 0.6 is 0 Å². The second kappa shape index (κ2) is 5.31. The molecule has 96 valence electrons. The number of hydrogen-bond donors (Lipinski definition) is 3. The fourth-order valence-corrected chi connectivity index (χ4v) is 1.31. The lowest BCUT2D eigenvalue weighted by atomic mass is 9.92. The van der Waals surface area contributed by atoms with Crippen molar-refractivity contribution in [2.45, 2.75) is 45.6 Å². The SMILES string of the molecule is CC(O)CCNC(=O)c1cc(C(C)(C)C)[nH]n1. The summed E-state index contributed by atoms with van der Waals surface area (Å²) < 4.78 is 0. The molecule has 17 heavy (non-hydrogen) atoms. The summed E-state index contributed by atoms with van der Waals surface area (Å²) in [6, 6.07) is 1.76. The van der Waals surface area contributed by atoms with Crippen molar-refractivity contribution in [1.29, 1.82) is 0 Å². The zero-order chi connectivity index (χ0) is 13.1. The van der Waals surface area contributed by atoms with Crippen molar-refractivity contribution in [2.75, 3.05) is 6.54 Å². The van der Waals surface area contributed by atoms with Crippen LogP contribution in [0.3, 0.4) is 0 Å². The first-order valence-electron chi connectivity index (χ1n) is 5.83. The molecule has 0 spiro atoms. The Morgan fingerprint density at radius 3 is 2.71 bits per heavy atom. The molecule has 1 rings (SSSR count). The first-order valence-corrected chi connectivity index (χ1v) is 5.83. The average molecular weight is 239 g/mol. The molecule has 1 aromatic rings. The van der Waals surface area contributed by atoms with E-state index in [0.29, 0.717) is 18.7 Å². The summed E-state index contributed by atoms with van der Waals surface area (Å²) in [4.78, 5) is 11.7. The van der Waals surface area contributed by atoms with Crippen molar-refractivity contribution in [3.8, 4) is 0 Å². The maximum absolute atomic E-state index is 11.7. The third kappa shape index (κ3) is 4.19. The molecule has 0 bridgehead atoms. The Bertz CT molecular complexity index is 377. The van der Waals surface area contributed by atoms with Crippen LogP contribution in [0.5, 0.6) is 0 Å². The lowest BCUT2D eigenvalue weighted by Gasteiger charge is -2.14. The molecule has 1 amide bonds. The van der Waals surface area contributed by atoms with Crippen molar-refractivity contribution in [2.24, 2.45) is 0 Å². The van der Waals surface area contributed by atoms with E-state index in [9.17, 15) is 4.79 Å². The number of rotatable bonds is 4. The summed E-state index contributed by atoms with van der Waals surface area (Å²) in [7, 11) is 0. The number of nitrogens with one attached hydrogen (secondary N) is 2. The Morgan fingerprint density at radius 1 is 1.59 bits per heavy atom. The number of H-pyrrole nitrogens is 1.